The van der Waals surface area contributed by atoms with Crippen LogP contribution in [0, 0.1) is 19.7 Å². The maximum atomic E-state index is 13.6. The third-order valence-electron chi connectivity index (χ3n) is 5.43. The molecule has 3 aromatic rings. The number of anilines is 1. The van der Waals surface area contributed by atoms with Gasteiger partial charge in [-0.15, -0.1) is 0 Å². The van der Waals surface area contributed by atoms with Crippen molar-refractivity contribution in [2.75, 3.05) is 25.6 Å². The number of urea groups is 1. The number of hydrogen-bond donors (Lipinski definition) is 1. The number of methoxy groups -OCH3 is 1. The Labute approximate surface area is 183 Å². The van der Waals surface area contributed by atoms with Crippen LogP contribution in [0.15, 0.2) is 60.8 Å². The molecule has 0 atom stereocenters. The van der Waals surface area contributed by atoms with Crippen LogP contribution >= 0.6 is 0 Å². The molecule has 0 fully saturated rings. The molecule has 0 bridgehead atoms. The molecule has 0 aliphatic carbocycles. The topological polar surface area (TPSA) is 46.5 Å². The van der Waals surface area contributed by atoms with Crippen molar-refractivity contribution in [3.63, 3.8) is 0 Å². The largest absolute Gasteiger partial charge is 0.385 e. The van der Waals surface area contributed by atoms with Crippen molar-refractivity contribution in [2.45, 2.75) is 33.4 Å². The molecule has 164 valence electrons. The van der Waals surface area contributed by atoms with Gasteiger partial charge >= 0.3 is 6.03 Å². The second-order valence-electron chi connectivity index (χ2n) is 7.70. The standard InChI is InChI=1S/C25H30FN3O2/c1-19-8-4-12-24(20(19)2)27-25(30)29(14-7-15-31-3)18-23-11-6-13-28(23)17-21-9-5-10-22(26)16-21/h4-6,8-13,16H,7,14-15,17-18H2,1-3H3,(H,27,30). The predicted molar refractivity (Wildman–Crippen MR) is 122 cm³/mol. The number of aryl methyl sites for hydroxylation is 1. The minimum Gasteiger partial charge on any atom is -0.385 e. The molecule has 31 heavy (non-hydrogen) atoms. The predicted octanol–water partition coefficient (Wildman–Crippen LogP) is 5.36. The molecule has 0 saturated carbocycles. The van der Waals surface area contributed by atoms with Gasteiger partial charge in [-0.05, 0) is 67.3 Å². The summed E-state index contributed by atoms with van der Waals surface area (Å²) < 4.78 is 20.8. The molecular weight excluding hydrogens is 393 g/mol. The molecule has 5 nitrogen and oxygen atoms in total. The lowest BCUT2D eigenvalue weighted by atomic mass is 10.1. The van der Waals surface area contributed by atoms with Crippen LogP contribution < -0.4 is 5.32 Å². The van der Waals surface area contributed by atoms with Crippen molar-refractivity contribution in [1.29, 1.82) is 0 Å². The van der Waals surface area contributed by atoms with E-state index in [1.165, 1.54) is 12.1 Å². The zero-order chi connectivity index (χ0) is 22.2. The minimum atomic E-state index is -0.250. The molecule has 0 unspecified atom stereocenters. The van der Waals surface area contributed by atoms with Crippen LogP contribution in [-0.4, -0.2) is 35.8 Å². The highest BCUT2D eigenvalue weighted by molar-refractivity contribution is 5.90. The first kappa shape index (κ1) is 22.6. The number of nitrogens with zero attached hydrogens (tertiary/aromatic N) is 2. The van der Waals surface area contributed by atoms with Crippen LogP contribution in [0.3, 0.4) is 0 Å². The highest BCUT2D eigenvalue weighted by Gasteiger charge is 2.17. The lowest BCUT2D eigenvalue weighted by Crippen LogP contribution is -2.36. The first-order valence-electron chi connectivity index (χ1n) is 10.5. The molecule has 0 aliphatic rings. The SMILES string of the molecule is COCCCN(Cc1cccn1Cc1cccc(F)c1)C(=O)Nc1cccc(C)c1C. The normalized spacial score (nSPS) is 10.8. The Morgan fingerprint density at radius 3 is 2.71 bits per heavy atom. The summed E-state index contributed by atoms with van der Waals surface area (Å²) in [6.45, 7) is 6.17. The number of aromatic nitrogens is 1. The zero-order valence-corrected chi connectivity index (χ0v) is 18.4. The fraction of sp³-hybridized carbons (Fsp3) is 0.320. The Hall–Kier alpha value is -3.12. The lowest BCUT2D eigenvalue weighted by molar-refractivity contribution is 0.171. The summed E-state index contributed by atoms with van der Waals surface area (Å²) in [5, 5.41) is 3.05. The zero-order valence-electron chi connectivity index (χ0n) is 18.4. The number of rotatable bonds is 9. The molecule has 1 aromatic heterocycles. The van der Waals surface area contributed by atoms with E-state index >= 15 is 0 Å². The molecule has 0 spiro atoms. The van der Waals surface area contributed by atoms with Crippen molar-refractivity contribution >= 4 is 11.7 Å². The van der Waals surface area contributed by atoms with E-state index in [1.54, 1.807) is 18.1 Å². The minimum absolute atomic E-state index is 0.150. The average Bonchev–Trinajstić information content (AvgIpc) is 3.17. The van der Waals surface area contributed by atoms with Gasteiger partial charge in [-0.25, -0.2) is 9.18 Å². The Bertz CT molecular complexity index is 1020. The molecule has 1 N–H and O–H groups in total. The van der Waals surface area contributed by atoms with Crippen LogP contribution in [0.2, 0.25) is 0 Å². The number of carbonyl (C=O) groups is 1. The van der Waals surface area contributed by atoms with Crippen LogP contribution in [-0.2, 0) is 17.8 Å². The third kappa shape index (κ3) is 6.18. The fourth-order valence-corrected chi connectivity index (χ4v) is 3.51. The number of benzene rings is 2. The van der Waals surface area contributed by atoms with Gasteiger partial charge in [-0.3, -0.25) is 0 Å². The van der Waals surface area contributed by atoms with Crippen molar-refractivity contribution in [3.05, 3.63) is 89.0 Å². The van der Waals surface area contributed by atoms with Gasteiger partial charge in [0.25, 0.3) is 0 Å². The van der Waals surface area contributed by atoms with Gasteiger partial charge in [0, 0.05) is 44.4 Å². The Morgan fingerprint density at radius 2 is 1.94 bits per heavy atom. The summed E-state index contributed by atoms with van der Waals surface area (Å²) in [4.78, 5) is 14.9. The number of halogens is 1. The number of carbonyl (C=O) groups excluding carboxylic acids is 1. The molecule has 0 saturated heterocycles. The van der Waals surface area contributed by atoms with Crippen LogP contribution in [0.25, 0.3) is 0 Å². The molecule has 6 heteroatoms. The highest BCUT2D eigenvalue weighted by atomic mass is 19.1. The van der Waals surface area contributed by atoms with E-state index in [2.05, 4.69) is 5.32 Å². The van der Waals surface area contributed by atoms with Gasteiger partial charge in [0.1, 0.15) is 5.82 Å². The molecular formula is C25H30FN3O2. The summed E-state index contributed by atoms with van der Waals surface area (Å²) in [7, 11) is 1.66. The summed E-state index contributed by atoms with van der Waals surface area (Å²) >= 11 is 0. The van der Waals surface area contributed by atoms with Crippen molar-refractivity contribution in [2.24, 2.45) is 0 Å². The fourth-order valence-electron chi connectivity index (χ4n) is 3.51. The second-order valence-corrected chi connectivity index (χ2v) is 7.70. The molecule has 0 aliphatic heterocycles. The Kier molecular flexibility index (Phi) is 7.84. The van der Waals surface area contributed by atoms with E-state index in [0.29, 0.717) is 26.2 Å². The van der Waals surface area contributed by atoms with Gasteiger partial charge in [0.2, 0.25) is 0 Å². The molecule has 2 amide bonds. The number of hydrogen-bond acceptors (Lipinski definition) is 2. The quantitative estimate of drug-likeness (QED) is 0.471. The van der Waals surface area contributed by atoms with Gasteiger partial charge in [-0.1, -0.05) is 24.3 Å². The van der Waals surface area contributed by atoms with Gasteiger partial charge < -0.3 is 19.5 Å². The first-order chi connectivity index (χ1) is 15.0. The maximum Gasteiger partial charge on any atom is 0.322 e. The van der Waals surface area contributed by atoms with E-state index in [4.69, 9.17) is 4.74 Å². The summed E-state index contributed by atoms with van der Waals surface area (Å²) in [6, 6.07) is 16.3. The number of amides is 2. The van der Waals surface area contributed by atoms with E-state index < -0.39 is 0 Å². The van der Waals surface area contributed by atoms with Crippen LogP contribution in [0.4, 0.5) is 14.9 Å². The van der Waals surface area contributed by atoms with E-state index in [-0.39, 0.29) is 11.8 Å². The smallest absolute Gasteiger partial charge is 0.322 e. The average molecular weight is 424 g/mol. The van der Waals surface area contributed by atoms with Gasteiger partial charge in [0.05, 0.1) is 6.54 Å². The van der Waals surface area contributed by atoms with Crippen molar-refractivity contribution in [3.8, 4) is 0 Å². The lowest BCUT2D eigenvalue weighted by Gasteiger charge is -2.24. The van der Waals surface area contributed by atoms with E-state index in [1.807, 2.05) is 61.0 Å². The van der Waals surface area contributed by atoms with Gasteiger partial charge in [-0.2, -0.15) is 0 Å². The molecule has 3 rings (SSSR count). The number of nitrogens with one attached hydrogen (secondary N) is 1. The molecule has 1 heterocycles. The van der Waals surface area contributed by atoms with Crippen LogP contribution in [0.5, 0.6) is 0 Å². The first-order valence-corrected chi connectivity index (χ1v) is 10.5. The summed E-state index contributed by atoms with van der Waals surface area (Å²) in [5.74, 6) is -0.250. The Morgan fingerprint density at radius 1 is 1.13 bits per heavy atom. The third-order valence-corrected chi connectivity index (χ3v) is 5.43. The van der Waals surface area contributed by atoms with Crippen molar-refractivity contribution in [1.82, 2.24) is 9.47 Å². The summed E-state index contributed by atoms with van der Waals surface area (Å²) in [6.07, 6.45) is 2.69. The van der Waals surface area contributed by atoms with Gasteiger partial charge in [0.15, 0.2) is 0 Å². The van der Waals surface area contributed by atoms with Crippen LogP contribution in [0.1, 0.15) is 28.8 Å². The maximum absolute atomic E-state index is 13.6. The van der Waals surface area contributed by atoms with E-state index in [0.717, 1.165) is 34.5 Å². The van der Waals surface area contributed by atoms with E-state index in [9.17, 15) is 9.18 Å². The molecule has 0 radical (unpaired) electrons. The second kappa shape index (κ2) is 10.8. The highest BCUT2D eigenvalue weighted by Crippen LogP contribution is 2.19. The molecule has 2 aromatic carbocycles. The van der Waals surface area contributed by atoms with Crippen molar-refractivity contribution < 1.29 is 13.9 Å². The monoisotopic (exact) mass is 423 g/mol. The Balaban J connectivity index is 1.76. The number of ether oxygens (including phenoxy) is 1. The summed E-state index contributed by atoms with van der Waals surface area (Å²) in [5.41, 5.74) is 4.87.